The van der Waals surface area contributed by atoms with Crippen molar-refractivity contribution in [1.29, 1.82) is 0 Å². The number of allylic oxidation sites excluding steroid dienone is 1. The number of nitrogens with one attached hydrogen (secondary N) is 1. The van der Waals surface area contributed by atoms with Crippen molar-refractivity contribution in [3.05, 3.63) is 11.6 Å². The highest BCUT2D eigenvalue weighted by Crippen LogP contribution is 2.19. The Bertz CT molecular complexity index is 296. The summed E-state index contributed by atoms with van der Waals surface area (Å²) in [5.74, 6) is 0.205. The maximum atomic E-state index is 11.8. The fraction of sp³-hybridized carbons (Fsp3) is 0.786. The van der Waals surface area contributed by atoms with Crippen LogP contribution < -0.4 is 5.32 Å². The van der Waals surface area contributed by atoms with E-state index in [0.717, 1.165) is 26.1 Å². The topological polar surface area (TPSA) is 41.6 Å². The van der Waals surface area contributed by atoms with Crippen LogP contribution in [0.5, 0.6) is 0 Å². The summed E-state index contributed by atoms with van der Waals surface area (Å²) in [6.07, 6.45) is 8.62. The summed E-state index contributed by atoms with van der Waals surface area (Å²) in [7, 11) is 0. The molecule has 1 fully saturated rings. The standard InChI is InChI=1S/C14H24N2O2/c17-14(16-8-10-18-11-9-16)12-15-7-6-13-4-2-1-3-5-13/h4,15H,1-3,5-12H2. The van der Waals surface area contributed by atoms with Crippen molar-refractivity contribution in [1.82, 2.24) is 10.2 Å². The first-order chi connectivity index (χ1) is 8.86. The highest BCUT2D eigenvalue weighted by atomic mass is 16.5. The number of amides is 1. The molecule has 0 aromatic carbocycles. The predicted molar refractivity (Wildman–Crippen MR) is 71.4 cm³/mol. The minimum absolute atomic E-state index is 0.205. The molecule has 0 aromatic rings. The van der Waals surface area contributed by atoms with E-state index in [1.165, 1.54) is 25.7 Å². The van der Waals surface area contributed by atoms with E-state index in [1.54, 1.807) is 5.57 Å². The molecule has 1 heterocycles. The van der Waals surface area contributed by atoms with Crippen molar-refractivity contribution in [3.8, 4) is 0 Å². The molecule has 1 N–H and O–H groups in total. The number of rotatable bonds is 5. The molecule has 1 aliphatic heterocycles. The van der Waals surface area contributed by atoms with Crippen LogP contribution in [0, 0.1) is 0 Å². The molecule has 1 amide bonds. The quantitative estimate of drug-likeness (QED) is 0.593. The van der Waals surface area contributed by atoms with Gasteiger partial charge in [0.1, 0.15) is 0 Å². The van der Waals surface area contributed by atoms with E-state index in [2.05, 4.69) is 11.4 Å². The van der Waals surface area contributed by atoms with Crippen LogP contribution in [0.15, 0.2) is 11.6 Å². The van der Waals surface area contributed by atoms with Gasteiger partial charge in [-0.25, -0.2) is 0 Å². The monoisotopic (exact) mass is 252 g/mol. The molecular formula is C14H24N2O2. The van der Waals surface area contributed by atoms with Crippen molar-refractivity contribution in [3.63, 3.8) is 0 Å². The molecule has 4 heteroatoms. The number of hydrogen-bond acceptors (Lipinski definition) is 3. The molecule has 0 unspecified atom stereocenters. The van der Waals surface area contributed by atoms with E-state index in [9.17, 15) is 4.79 Å². The molecule has 18 heavy (non-hydrogen) atoms. The smallest absolute Gasteiger partial charge is 0.236 e. The first kappa shape index (κ1) is 13.6. The zero-order valence-electron chi connectivity index (χ0n) is 11.1. The van der Waals surface area contributed by atoms with Gasteiger partial charge in [-0.1, -0.05) is 11.6 Å². The summed E-state index contributed by atoms with van der Waals surface area (Å²) in [5.41, 5.74) is 1.56. The molecule has 4 nitrogen and oxygen atoms in total. The number of morpholine rings is 1. The summed E-state index contributed by atoms with van der Waals surface area (Å²) in [4.78, 5) is 13.7. The van der Waals surface area contributed by atoms with Crippen LogP contribution in [-0.2, 0) is 9.53 Å². The second-order valence-corrected chi connectivity index (χ2v) is 5.03. The van der Waals surface area contributed by atoms with Gasteiger partial charge in [0.05, 0.1) is 19.8 Å². The van der Waals surface area contributed by atoms with E-state index < -0.39 is 0 Å². The molecule has 0 bridgehead atoms. The fourth-order valence-electron chi connectivity index (χ4n) is 2.50. The Kier molecular flexibility index (Phi) is 5.68. The average molecular weight is 252 g/mol. The van der Waals surface area contributed by atoms with Crippen LogP contribution in [0.3, 0.4) is 0 Å². The third kappa shape index (κ3) is 4.42. The molecule has 1 aliphatic carbocycles. The lowest BCUT2D eigenvalue weighted by Crippen LogP contribution is -2.44. The van der Waals surface area contributed by atoms with Gasteiger partial charge < -0.3 is 15.0 Å². The first-order valence-electron chi connectivity index (χ1n) is 7.10. The van der Waals surface area contributed by atoms with E-state index in [1.807, 2.05) is 4.90 Å². The van der Waals surface area contributed by atoms with Crippen LogP contribution in [0.4, 0.5) is 0 Å². The lowest BCUT2D eigenvalue weighted by atomic mass is 9.97. The van der Waals surface area contributed by atoms with Gasteiger partial charge in [-0.05, 0) is 38.6 Å². The van der Waals surface area contributed by atoms with Gasteiger partial charge >= 0.3 is 0 Å². The molecular weight excluding hydrogens is 228 g/mol. The number of hydrogen-bond donors (Lipinski definition) is 1. The maximum Gasteiger partial charge on any atom is 0.236 e. The Morgan fingerprint density at radius 3 is 2.89 bits per heavy atom. The normalized spacial score (nSPS) is 20.7. The van der Waals surface area contributed by atoms with Gasteiger partial charge in [-0.2, -0.15) is 0 Å². The number of carbonyl (C=O) groups excluding carboxylic acids is 1. The Balaban J connectivity index is 1.57. The van der Waals surface area contributed by atoms with Gasteiger partial charge in [0, 0.05) is 13.1 Å². The highest BCUT2D eigenvalue weighted by molar-refractivity contribution is 5.78. The van der Waals surface area contributed by atoms with Crippen LogP contribution in [0.2, 0.25) is 0 Å². The Hall–Kier alpha value is -0.870. The summed E-state index contributed by atoms with van der Waals surface area (Å²) in [5, 5.41) is 3.26. The maximum absolute atomic E-state index is 11.8. The van der Waals surface area contributed by atoms with Gasteiger partial charge in [-0.3, -0.25) is 4.79 Å². The second-order valence-electron chi connectivity index (χ2n) is 5.03. The van der Waals surface area contributed by atoms with Crippen molar-refractivity contribution in [2.45, 2.75) is 32.1 Å². The molecule has 0 saturated carbocycles. The lowest BCUT2D eigenvalue weighted by Gasteiger charge is -2.27. The van der Waals surface area contributed by atoms with Crippen molar-refractivity contribution >= 4 is 5.91 Å². The number of carbonyl (C=O) groups is 1. The van der Waals surface area contributed by atoms with E-state index >= 15 is 0 Å². The van der Waals surface area contributed by atoms with E-state index in [0.29, 0.717) is 19.8 Å². The first-order valence-corrected chi connectivity index (χ1v) is 7.10. The summed E-state index contributed by atoms with van der Waals surface area (Å²) < 4.78 is 5.23. The SMILES string of the molecule is O=C(CNCCC1=CCCCC1)N1CCOCC1. The lowest BCUT2D eigenvalue weighted by molar-refractivity contribution is -0.134. The second kappa shape index (κ2) is 7.54. The summed E-state index contributed by atoms with van der Waals surface area (Å²) in [6, 6.07) is 0. The number of nitrogens with zero attached hydrogens (tertiary/aromatic N) is 1. The van der Waals surface area contributed by atoms with Gasteiger partial charge in [-0.15, -0.1) is 0 Å². The van der Waals surface area contributed by atoms with Crippen molar-refractivity contribution in [2.75, 3.05) is 39.4 Å². The zero-order valence-corrected chi connectivity index (χ0v) is 11.1. The van der Waals surface area contributed by atoms with Gasteiger partial charge in [0.25, 0.3) is 0 Å². The third-order valence-electron chi connectivity index (χ3n) is 3.65. The molecule has 0 aromatic heterocycles. The predicted octanol–water partition coefficient (Wildman–Crippen LogP) is 1.33. The molecule has 2 rings (SSSR count). The van der Waals surface area contributed by atoms with Crippen LogP contribution in [0.1, 0.15) is 32.1 Å². The van der Waals surface area contributed by atoms with Crippen LogP contribution in [0.25, 0.3) is 0 Å². The van der Waals surface area contributed by atoms with Crippen LogP contribution in [-0.4, -0.2) is 50.2 Å². The van der Waals surface area contributed by atoms with Gasteiger partial charge in [0.2, 0.25) is 5.91 Å². The molecule has 0 atom stereocenters. The summed E-state index contributed by atoms with van der Waals surface area (Å²) >= 11 is 0. The van der Waals surface area contributed by atoms with Crippen molar-refractivity contribution in [2.24, 2.45) is 0 Å². The molecule has 0 radical (unpaired) electrons. The Morgan fingerprint density at radius 1 is 1.33 bits per heavy atom. The Labute approximate surface area is 109 Å². The molecule has 1 saturated heterocycles. The van der Waals surface area contributed by atoms with Crippen LogP contribution >= 0.6 is 0 Å². The third-order valence-corrected chi connectivity index (χ3v) is 3.65. The largest absolute Gasteiger partial charge is 0.378 e. The van der Waals surface area contributed by atoms with E-state index in [4.69, 9.17) is 4.74 Å². The average Bonchev–Trinajstić information content (AvgIpc) is 2.45. The molecule has 102 valence electrons. The fourth-order valence-corrected chi connectivity index (χ4v) is 2.50. The van der Waals surface area contributed by atoms with Gasteiger partial charge in [0.15, 0.2) is 0 Å². The Morgan fingerprint density at radius 2 is 2.17 bits per heavy atom. The minimum atomic E-state index is 0.205. The highest BCUT2D eigenvalue weighted by Gasteiger charge is 2.15. The number of ether oxygens (including phenoxy) is 1. The van der Waals surface area contributed by atoms with E-state index in [-0.39, 0.29) is 5.91 Å². The summed E-state index contributed by atoms with van der Waals surface area (Å²) in [6.45, 7) is 4.23. The minimum Gasteiger partial charge on any atom is -0.378 e. The van der Waals surface area contributed by atoms with Crippen molar-refractivity contribution < 1.29 is 9.53 Å². The molecule has 0 spiro atoms. The zero-order chi connectivity index (χ0) is 12.6. The molecule has 2 aliphatic rings.